The minimum Gasteiger partial charge on any atom is -0.494 e. The van der Waals surface area contributed by atoms with Crippen LogP contribution in [0.3, 0.4) is 0 Å². The van der Waals surface area contributed by atoms with Gasteiger partial charge in [0.05, 0.1) is 7.11 Å². The van der Waals surface area contributed by atoms with Crippen LogP contribution < -0.4 is 4.74 Å². The summed E-state index contributed by atoms with van der Waals surface area (Å²) in [5, 5.41) is 0. The van der Waals surface area contributed by atoms with Crippen LogP contribution in [0.5, 0.6) is 5.75 Å². The molecule has 0 aromatic carbocycles. The van der Waals surface area contributed by atoms with Gasteiger partial charge in [-0.3, -0.25) is 4.79 Å². The zero-order valence-corrected chi connectivity index (χ0v) is 10.5. The lowest BCUT2D eigenvalue weighted by Gasteiger charge is -2.25. The molecule has 1 aromatic heterocycles. The standard InChI is InChI=1S/C14H19NO2/c1-3-14(8-4-5-9-14)13(16)12-11(17-2)7-6-10-15-12/h6-7,10H,3-5,8-9H2,1-2H3. The van der Waals surface area contributed by atoms with E-state index in [4.69, 9.17) is 4.74 Å². The number of hydrogen-bond donors (Lipinski definition) is 0. The van der Waals surface area contributed by atoms with Gasteiger partial charge in [0, 0.05) is 11.6 Å². The maximum absolute atomic E-state index is 12.6. The van der Waals surface area contributed by atoms with Crippen molar-refractivity contribution in [2.24, 2.45) is 5.41 Å². The van der Waals surface area contributed by atoms with Gasteiger partial charge < -0.3 is 4.74 Å². The summed E-state index contributed by atoms with van der Waals surface area (Å²) in [7, 11) is 1.58. The Hall–Kier alpha value is -1.38. The van der Waals surface area contributed by atoms with Crippen molar-refractivity contribution < 1.29 is 9.53 Å². The average Bonchev–Trinajstić information content (AvgIpc) is 2.88. The third-order valence-electron chi connectivity index (χ3n) is 3.92. The second kappa shape index (κ2) is 4.86. The molecule has 1 saturated carbocycles. The van der Waals surface area contributed by atoms with Crippen LogP contribution in [0.15, 0.2) is 18.3 Å². The Kier molecular flexibility index (Phi) is 3.46. The molecule has 0 amide bonds. The first-order valence-electron chi connectivity index (χ1n) is 6.27. The van der Waals surface area contributed by atoms with E-state index < -0.39 is 0 Å². The molecule has 0 bridgehead atoms. The minimum atomic E-state index is -0.193. The molecule has 0 saturated heterocycles. The fraction of sp³-hybridized carbons (Fsp3) is 0.571. The first kappa shape index (κ1) is 12.1. The predicted octanol–water partition coefficient (Wildman–Crippen LogP) is 3.24. The second-order valence-corrected chi connectivity index (χ2v) is 4.72. The van der Waals surface area contributed by atoms with E-state index in [9.17, 15) is 4.79 Å². The van der Waals surface area contributed by atoms with Gasteiger partial charge in [-0.15, -0.1) is 0 Å². The molecule has 1 aromatic rings. The van der Waals surface area contributed by atoms with Crippen molar-refractivity contribution in [1.29, 1.82) is 0 Å². The second-order valence-electron chi connectivity index (χ2n) is 4.72. The van der Waals surface area contributed by atoms with E-state index in [0.717, 1.165) is 32.1 Å². The number of ketones is 1. The van der Waals surface area contributed by atoms with E-state index in [2.05, 4.69) is 11.9 Å². The number of Topliss-reactive ketones (excluding diaryl/α,β-unsaturated/α-hetero) is 1. The summed E-state index contributed by atoms with van der Waals surface area (Å²) in [6.45, 7) is 2.10. The number of pyridine rings is 1. The molecule has 1 heterocycles. The summed E-state index contributed by atoms with van der Waals surface area (Å²) >= 11 is 0. The van der Waals surface area contributed by atoms with Crippen molar-refractivity contribution >= 4 is 5.78 Å². The highest BCUT2D eigenvalue weighted by molar-refractivity contribution is 6.01. The number of aromatic nitrogens is 1. The lowest BCUT2D eigenvalue weighted by Crippen LogP contribution is -2.28. The number of rotatable bonds is 4. The highest BCUT2D eigenvalue weighted by Gasteiger charge is 2.41. The van der Waals surface area contributed by atoms with Crippen LogP contribution in [0.25, 0.3) is 0 Å². The molecule has 0 N–H and O–H groups in total. The summed E-state index contributed by atoms with van der Waals surface area (Å²) < 4.78 is 5.23. The van der Waals surface area contributed by atoms with Crippen molar-refractivity contribution in [3.63, 3.8) is 0 Å². The van der Waals surface area contributed by atoms with Crippen molar-refractivity contribution in [2.75, 3.05) is 7.11 Å². The van der Waals surface area contributed by atoms with Crippen molar-refractivity contribution in [2.45, 2.75) is 39.0 Å². The van der Waals surface area contributed by atoms with Gasteiger partial charge in [-0.2, -0.15) is 0 Å². The maximum Gasteiger partial charge on any atom is 0.191 e. The molecule has 0 spiro atoms. The number of methoxy groups -OCH3 is 1. The molecule has 0 atom stereocenters. The normalized spacial score (nSPS) is 18.0. The third kappa shape index (κ3) is 2.06. The van der Waals surface area contributed by atoms with Crippen molar-refractivity contribution in [3.8, 4) is 5.75 Å². The van der Waals surface area contributed by atoms with E-state index in [1.54, 1.807) is 25.4 Å². The first-order valence-corrected chi connectivity index (χ1v) is 6.27. The smallest absolute Gasteiger partial charge is 0.191 e. The van der Waals surface area contributed by atoms with Crippen LogP contribution in [-0.4, -0.2) is 17.9 Å². The van der Waals surface area contributed by atoms with Crippen LogP contribution in [0, 0.1) is 5.41 Å². The van der Waals surface area contributed by atoms with Gasteiger partial charge in [-0.1, -0.05) is 19.8 Å². The highest BCUT2D eigenvalue weighted by Crippen LogP contribution is 2.44. The van der Waals surface area contributed by atoms with E-state index in [1.165, 1.54) is 0 Å². The maximum atomic E-state index is 12.6. The summed E-state index contributed by atoms with van der Waals surface area (Å²) in [4.78, 5) is 16.8. The molecule has 17 heavy (non-hydrogen) atoms. The molecular formula is C14H19NO2. The lowest BCUT2D eigenvalue weighted by molar-refractivity contribution is 0.0782. The molecule has 0 radical (unpaired) electrons. The minimum absolute atomic E-state index is 0.162. The molecule has 3 nitrogen and oxygen atoms in total. The molecular weight excluding hydrogens is 214 g/mol. The number of ether oxygens (including phenoxy) is 1. The fourth-order valence-corrected chi connectivity index (χ4v) is 2.77. The molecule has 1 aliphatic carbocycles. The Labute approximate surface area is 102 Å². The van der Waals surface area contributed by atoms with Gasteiger partial charge in [0.1, 0.15) is 11.4 Å². The lowest BCUT2D eigenvalue weighted by atomic mass is 9.77. The van der Waals surface area contributed by atoms with Crippen molar-refractivity contribution in [3.05, 3.63) is 24.0 Å². The van der Waals surface area contributed by atoms with Crippen LogP contribution in [0.1, 0.15) is 49.5 Å². The van der Waals surface area contributed by atoms with Crippen molar-refractivity contribution in [1.82, 2.24) is 4.98 Å². The topological polar surface area (TPSA) is 39.2 Å². The molecule has 1 aliphatic rings. The molecule has 1 fully saturated rings. The van der Waals surface area contributed by atoms with Gasteiger partial charge >= 0.3 is 0 Å². The molecule has 2 rings (SSSR count). The number of carbonyl (C=O) groups excluding carboxylic acids is 1. The Morgan fingerprint density at radius 3 is 2.76 bits per heavy atom. The zero-order chi connectivity index (χ0) is 12.3. The van der Waals surface area contributed by atoms with Crippen LogP contribution in [0.4, 0.5) is 0 Å². The Morgan fingerprint density at radius 2 is 2.18 bits per heavy atom. The van der Waals surface area contributed by atoms with E-state index in [1.807, 2.05) is 0 Å². The van der Waals surface area contributed by atoms with Gasteiger partial charge in [0.15, 0.2) is 5.78 Å². The number of nitrogens with zero attached hydrogens (tertiary/aromatic N) is 1. The van der Waals surface area contributed by atoms with Crippen LogP contribution in [-0.2, 0) is 0 Å². The molecule has 92 valence electrons. The van der Waals surface area contributed by atoms with Crippen LogP contribution >= 0.6 is 0 Å². The van der Waals surface area contributed by atoms with Gasteiger partial charge in [0.25, 0.3) is 0 Å². The third-order valence-corrected chi connectivity index (χ3v) is 3.92. The summed E-state index contributed by atoms with van der Waals surface area (Å²) in [5.74, 6) is 0.757. The number of carbonyl (C=O) groups is 1. The van der Waals surface area contributed by atoms with Gasteiger partial charge in [0.2, 0.25) is 0 Å². The average molecular weight is 233 g/mol. The SMILES string of the molecule is CCC1(C(=O)c2ncccc2OC)CCCC1. The number of hydrogen-bond acceptors (Lipinski definition) is 3. The van der Waals surface area contributed by atoms with E-state index in [-0.39, 0.29) is 11.2 Å². The monoisotopic (exact) mass is 233 g/mol. The largest absolute Gasteiger partial charge is 0.494 e. The molecule has 0 aliphatic heterocycles. The van der Waals surface area contributed by atoms with E-state index >= 15 is 0 Å². The van der Waals surface area contributed by atoms with Gasteiger partial charge in [-0.25, -0.2) is 4.98 Å². The molecule has 0 unspecified atom stereocenters. The summed E-state index contributed by atoms with van der Waals surface area (Å²) in [6.07, 6.45) is 6.83. The Morgan fingerprint density at radius 1 is 1.47 bits per heavy atom. The summed E-state index contributed by atoms with van der Waals surface area (Å²) in [6, 6.07) is 3.60. The fourth-order valence-electron chi connectivity index (χ4n) is 2.77. The zero-order valence-electron chi connectivity index (χ0n) is 10.5. The summed E-state index contributed by atoms with van der Waals surface area (Å²) in [5.41, 5.74) is 0.306. The predicted molar refractivity (Wildman–Crippen MR) is 66.3 cm³/mol. The Bertz CT molecular complexity index is 408. The first-order chi connectivity index (χ1) is 8.23. The van der Waals surface area contributed by atoms with E-state index in [0.29, 0.717) is 11.4 Å². The van der Waals surface area contributed by atoms with Crippen LogP contribution in [0.2, 0.25) is 0 Å². The highest BCUT2D eigenvalue weighted by atomic mass is 16.5. The Balaban J connectivity index is 2.35. The molecule has 3 heteroatoms. The quantitative estimate of drug-likeness (QED) is 0.749. The van der Waals surface area contributed by atoms with Gasteiger partial charge in [-0.05, 0) is 31.4 Å².